The van der Waals surface area contributed by atoms with Crippen molar-refractivity contribution in [1.82, 2.24) is 19.9 Å². The first-order valence-corrected chi connectivity index (χ1v) is 7.76. The summed E-state index contributed by atoms with van der Waals surface area (Å²) >= 11 is 0. The summed E-state index contributed by atoms with van der Waals surface area (Å²) in [4.78, 5) is 21.7. The summed E-state index contributed by atoms with van der Waals surface area (Å²) in [7, 11) is 0. The van der Waals surface area contributed by atoms with Crippen LogP contribution in [0.15, 0.2) is 18.6 Å². The van der Waals surface area contributed by atoms with Crippen LogP contribution in [0, 0.1) is 18.3 Å². The Kier molecular flexibility index (Phi) is 4.33. The molecule has 0 saturated carbocycles. The van der Waals surface area contributed by atoms with Gasteiger partial charge in [-0.3, -0.25) is 0 Å². The van der Waals surface area contributed by atoms with Gasteiger partial charge in [-0.25, -0.2) is 19.9 Å². The zero-order valence-corrected chi connectivity index (χ0v) is 13.4. The van der Waals surface area contributed by atoms with E-state index in [1.807, 2.05) is 13.1 Å². The normalized spacial score (nSPS) is 14.7. The van der Waals surface area contributed by atoms with Gasteiger partial charge in [-0.15, -0.1) is 0 Å². The van der Waals surface area contributed by atoms with E-state index in [2.05, 4.69) is 42.7 Å². The number of nitriles is 1. The highest BCUT2D eigenvalue weighted by Crippen LogP contribution is 2.22. The van der Waals surface area contributed by atoms with Crippen LogP contribution >= 0.6 is 0 Å². The summed E-state index contributed by atoms with van der Waals surface area (Å²) in [5.41, 5.74) is 1.55. The van der Waals surface area contributed by atoms with E-state index in [0.29, 0.717) is 11.5 Å². The molecule has 3 rings (SSSR count). The fourth-order valence-corrected chi connectivity index (χ4v) is 2.78. The second-order valence-corrected chi connectivity index (χ2v) is 5.43. The van der Waals surface area contributed by atoms with Gasteiger partial charge >= 0.3 is 0 Å². The maximum atomic E-state index is 9.17. The molecule has 0 spiro atoms. The van der Waals surface area contributed by atoms with Crippen LogP contribution in [0.5, 0.6) is 0 Å². The number of hydrogen-bond donors (Lipinski definition) is 0. The van der Waals surface area contributed by atoms with E-state index in [0.717, 1.165) is 44.2 Å². The Bertz CT molecular complexity index is 729. The molecular formula is C16H19N7. The highest BCUT2D eigenvalue weighted by Gasteiger charge is 2.23. The lowest BCUT2D eigenvalue weighted by molar-refractivity contribution is 0.635. The molecule has 1 fully saturated rings. The molecule has 7 heteroatoms. The van der Waals surface area contributed by atoms with Gasteiger partial charge in [0.15, 0.2) is 11.5 Å². The van der Waals surface area contributed by atoms with E-state index in [-0.39, 0.29) is 0 Å². The van der Waals surface area contributed by atoms with Crippen LogP contribution in [0.2, 0.25) is 0 Å². The van der Waals surface area contributed by atoms with Crippen LogP contribution < -0.4 is 9.80 Å². The molecule has 1 aliphatic heterocycles. The monoisotopic (exact) mass is 309 g/mol. The van der Waals surface area contributed by atoms with Crippen LogP contribution in [0.25, 0.3) is 0 Å². The molecule has 2 aromatic rings. The third kappa shape index (κ3) is 3.06. The maximum absolute atomic E-state index is 9.17. The Morgan fingerprint density at radius 3 is 2.35 bits per heavy atom. The average Bonchev–Trinajstić information content (AvgIpc) is 2.62. The Balaban J connectivity index is 1.77. The first-order chi connectivity index (χ1) is 11.2. The minimum atomic E-state index is 0.382. The van der Waals surface area contributed by atoms with Crippen molar-refractivity contribution in [3.05, 3.63) is 35.7 Å². The quantitative estimate of drug-likeness (QED) is 0.846. The third-order valence-electron chi connectivity index (χ3n) is 4.01. The molecule has 23 heavy (non-hydrogen) atoms. The summed E-state index contributed by atoms with van der Waals surface area (Å²) in [6, 6.07) is 2.11. The van der Waals surface area contributed by atoms with E-state index in [4.69, 9.17) is 0 Å². The van der Waals surface area contributed by atoms with Crippen molar-refractivity contribution in [1.29, 1.82) is 5.26 Å². The standard InChI is InChI=1S/C16H19N7/c1-3-13-11-20-12(2)21-15(13)22-6-8-23(9-7-22)16-14(10-17)18-4-5-19-16/h4-5,11H,3,6-9H2,1-2H3. The molecule has 0 aromatic carbocycles. The van der Waals surface area contributed by atoms with Crippen molar-refractivity contribution in [2.45, 2.75) is 20.3 Å². The van der Waals surface area contributed by atoms with Gasteiger partial charge < -0.3 is 9.80 Å². The molecule has 0 N–H and O–H groups in total. The number of nitrogens with zero attached hydrogens (tertiary/aromatic N) is 7. The summed E-state index contributed by atoms with van der Waals surface area (Å²) < 4.78 is 0. The lowest BCUT2D eigenvalue weighted by Gasteiger charge is -2.36. The summed E-state index contributed by atoms with van der Waals surface area (Å²) in [6.07, 6.45) is 6.01. The summed E-state index contributed by atoms with van der Waals surface area (Å²) in [6.45, 7) is 7.29. The van der Waals surface area contributed by atoms with E-state index < -0.39 is 0 Å². The number of hydrogen-bond acceptors (Lipinski definition) is 7. The van der Waals surface area contributed by atoms with Crippen molar-refractivity contribution in [3.63, 3.8) is 0 Å². The molecule has 2 aromatic heterocycles. The lowest BCUT2D eigenvalue weighted by Crippen LogP contribution is -2.47. The van der Waals surface area contributed by atoms with Crippen molar-refractivity contribution >= 4 is 11.6 Å². The predicted molar refractivity (Wildman–Crippen MR) is 87.3 cm³/mol. The van der Waals surface area contributed by atoms with Crippen molar-refractivity contribution in [2.75, 3.05) is 36.0 Å². The molecule has 0 unspecified atom stereocenters. The smallest absolute Gasteiger partial charge is 0.183 e. The van der Waals surface area contributed by atoms with Gasteiger partial charge in [0.2, 0.25) is 0 Å². The Labute approximate surface area is 135 Å². The molecule has 0 amide bonds. The number of rotatable bonds is 3. The van der Waals surface area contributed by atoms with Crippen molar-refractivity contribution in [2.24, 2.45) is 0 Å². The number of aryl methyl sites for hydroxylation is 2. The van der Waals surface area contributed by atoms with E-state index in [9.17, 15) is 5.26 Å². The van der Waals surface area contributed by atoms with Gasteiger partial charge in [0.05, 0.1) is 0 Å². The zero-order chi connectivity index (χ0) is 16.2. The highest BCUT2D eigenvalue weighted by molar-refractivity contribution is 5.53. The van der Waals surface area contributed by atoms with Crippen LogP contribution in [0.3, 0.4) is 0 Å². The van der Waals surface area contributed by atoms with Gasteiger partial charge in [0.25, 0.3) is 0 Å². The van der Waals surface area contributed by atoms with E-state index in [1.165, 1.54) is 5.56 Å². The number of piperazine rings is 1. The van der Waals surface area contributed by atoms with Crippen LogP contribution in [0.4, 0.5) is 11.6 Å². The first-order valence-electron chi connectivity index (χ1n) is 7.76. The van der Waals surface area contributed by atoms with Crippen molar-refractivity contribution in [3.8, 4) is 6.07 Å². The van der Waals surface area contributed by atoms with Gasteiger partial charge in [0.1, 0.15) is 17.7 Å². The molecular weight excluding hydrogens is 290 g/mol. The summed E-state index contributed by atoms with van der Waals surface area (Å²) in [5, 5.41) is 9.17. The molecule has 0 atom stereocenters. The second kappa shape index (κ2) is 6.57. The van der Waals surface area contributed by atoms with Gasteiger partial charge in [-0.05, 0) is 13.3 Å². The zero-order valence-electron chi connectivity index (χ0n) is 13.4. The molecule has 118 valence electrons. The Hall–Kier alpha value is -2.75. The highest BCUT2D eigenvalue weighted by atomic mass is 15.3. The van der Waals surface area contributed by atoms with Crippen LogP contribution in [0.1, 0.15) is 24.0 Å². The van der Waals surface area contributed by atoms with Crippen LogP contribution in [-0.4, -0.2) is 46.1 Å². The van der Waals surface area contributed by atoms with E-state index in [1.54, 1.807) is 12.4 Å². The van der Waals surface area contributed by atoms with E-state index >= 15 is 0 Å². The van der Waals surface area contributed by atoms with Gasteiger partial charge in [0, 0.05) is 50.3 Å². The average molecular weight is 309 g/mol. The molecule has 0 aliphatic carbocycles. The van der Waals surface area contributed by atoms with Gasteiger partial charge in [-0.1, -0.05) is 6.92 Å². The molecule has 3 heterocycles. The van der Waals surface area contributed by atoms with Gasteiger partial charge in [-0.2, -0.15) is 5.26 Å². The molecule has 1 aliphatic rings. The molecule has 7 nitrogen and oxygen atoms in total. The maximum Gasteiger partial charge on any atom is 0.183 e. The largest absolute Gasteiger partial charge is 0.353 e. The number of aromatic nitrogens is 4. The molecule has 0 radical (unpaired) electrons. The first kappa shape index (κ1) is 15.2. The topological polar surface area (TPSA) is 81.8 Å². The van der Waals surface area contributed by atoms with Crippen molar-refractivity contribution < 1.29 is 0 Å². The van der Waals surface area contributed by atoms with Crippen LogP contribution in [-0.2, 0) is 6.42 Å². The number of anilines is 2. The Morgan fingerprint density at radius 1 is 1.04 bits per heavy atom. The second-order valence-electron chi connectivity index (χ2n) is 5.43. The minimum Gasteiger partial charge on any atom is -0.353 e. The fourth-order valence-electron chi connectivity index (χ4n) is 2.78. The fraction of sp³-hybridized carbons (Fsp3) is 0.438. The summed E-state index contributed by atoms with van der Waals surface area (Å²) in [5.74, 6) is 2.49. The molecule has 0 bridgehead atoms. The SMILES string of the molecule is CCc1cnc(C)nc1N1CCN(c2nccnc2C#N)CC1. The predicted octanol–water partition coefficient (Wildman–Crippen LogP) is 1.34. The third-order valence-corrected chi connectivity index (χ3v) is 4.01. The molecule has 1 saturated heterocycles. The lowest BCUT2D eigenvalue weighted by atomic mass is 10.2. The minimum absolute atomic E-state index is 0.382. The Morgan fingerprint density at radius 2 is 1.70 bits per heavy atom.